The molecule has 1 amide bonds. The molecule has 2 aromatic carbocycles. The van der Waals surface area contributed by atoms with Gasteiger partial charge in [-0.25, -0.2) is 13.1 Å². The first-order chi connectivity index (χ1) is 11.9. The van der Waals surface area contributed by atoms with Crippen molar-refractivity contribution in [2.75, 3.05) is 6.54 Å². The van der Waals surface area contributed by atoms with Gasteiger partial charge in [-0.15, -0.1) is 0 Å². The number of benzene rings is 2. The van der Waals surface area contributed by atoms with E-state index < -0.39 is 10.0 Å². The second kappa shape index (κ2) is 6.98. The van der Waals surface area contributed by atoms with Gasteiger partial charge in [-0.2, -0.15) is 0 Å². The number of nitrogens with zero attached hydrogens (tertiary/aromatic N) is 1. The molecule has 0 spiro atoms. The number of amides is 1. The molecule has 1 aliphatic heterocycles. The van der Waals surface area contributed by atoms with Gasteiger partial charge in [-0.05, 0) is 55.7 Å². The molecule has 0 unspecified atom stereocenters. The Morgan fingerprint density at radius 3 is 2.32 bits per heavy atom. The summed E-state index contributed by atoms with van der Waals surface area (Å²) in [7, 11) is -3.54. The van der Waals surface area contributed by atoms with Gasteiger partial charge in [0, 0.05) is 24.7 Å². The number of hydrogen-bond acceptors (Lipinski definition) is 3. The maximum absolute atomic E-state index is 12.7. The molecule has 2 aromatic rings. The molecular weight excluding hydrogens is 336 g/mol. The molecule has 1 heterocycles. The molecule has 6 heteroatoms. The average Bonchev–Trinajstić information content (AvgIpc) is 2.60. The normalized spacial score (nSPS) is 14.4. The predicted octanol–water partition coefficient (Wildman–Crippen LogP) is 2.57. The van der Waals surface area contributed by atoms with Crippen molar-refractivity contribution < 1.29 is 13.2 Å². The summed E-state index contributed by atoms with van der Waals surface area (Å²) in [6.45, 7) is 4.79. The SMILES string of the molecule is CC(C)NS(=O)(=O)c1ccc(C(=O)N2CCc3ccccc3C2)cc1. The second-order valence-electron chi connectivity index (χ2n) is 6.55. The highest BCUT2D eigenvalue weighted by molar-refractivity contribution is 7.89. The van der Waals surface area contributed by atoms with Crippen molar-refractivity contribution in [1.29, 1.82) is 0 Å². The zero-order valence-corrected chi connectivity index (χ0v) is 15.2. The van der Waals surface area contributed by atoms with Crippen molar-refractivity contribution in [3.8, 4) is 0 Å². The molecule has 0 saturated heterocycles. The van der Waals surface area contributed by atoms with Crippen molar-refractivity contribution in [3.05, 3.63) is 65.2 Å². The van der Waals surface area contributed by atoms with Gasteiger partial charge in [0.1, 0.15) is 0 Å². The Kier molecular flexibility index (Phi) is 4.92. The zero-order valence-electron chi connectivity index (χ0n) is 14.4. The highest BCUT2D eigenvalue weighted by Crippen LogP contribution is 2.21. The van der Waals surface area contributed by atoms with Gasteiger partial charge >= 0.3 is 0 Å². The maximum Gasteiger partial charge on any atom is 0.254 e. The number of carbonyl (C=O) groups excluding carboxylic acids is 1. The van der Waals surface area contributed by atoms with Crippen molar-refractivity contribution in [1.82, 2.24) is 9.62 Å². The Morgan fingerprint density at radius 2 is 1.68 bits per heavy atom. The molecule has 5 nitrogen and oxygen atoms in total. The molecule has 0 saturated carbocycles. The fourth-order valence-electron chi connectivity index (χ4n) is 3.01. The van der Waals surface area contributed by atoms with Crippen LogP contribution in [0.4, 0.5) is 0 Å². The summed E-state index contributed by atoms with van der Waals surface area (Å²) in [4.78, 5) is 14.7. The van der Waals surface area contributed by atoms with Gasteiger partial charge in [-0.3, -0.25) is 4.79 Å². The van der Waals surface area contributed by atoms with Gasteiger partial charge in [-0.1, -0.05) is 24.3 Å². The molecular formula is C19H22N2O3S. The largest absolute Gasteiger partial charge is 0.334 e. The minimum absolute atomic E-state index is 0.0738. The summed E-state index contributed by atoms with van der Waals surface area (Å²) in [5.74, 6) is -0.0738. The summed E-state index contributed by atoms with van der Waals surface area (Å²) in [5.41, 5.74) is 2.96. The molecule has 0 fully saturated rings. The van der Waals surface area contributed by atoms with Crippen LogP contribution in [0.2, 0.25) is 0 Å². The number of hydrogen-bond donors (Lipinski definition) is 1. The Labute approximate surface area is 148 Å². The van der Waals surface area contributed by atoms with Crippen LogP contribution in [0.1, 0.15) is 35.3 Å². The summed E-state index contributed by atoms with van der Waals surface area (Å²) >= 11 is 0. The minimum atomic E-state index is -3.54. The lowest BCUT2D eigenvalue weighted by molar-refractivity contribution is 0.0734. The van der Waals surface area contributed by atoms with Crippen LogP contribution >= 0.6 is 0 Å². The molecule has 25 heavy (non-hydrogen) atoms. The van der Waals surface area contributed by atoms with E-state index in [4.69, 9.17) is 0 Å². The van der Waals surface area contributed by atoms with Crippen LogP contribution in [-0.4, -0.2) is 31.8 Å². The number of carbonyl (C=O) groups is 1. The first-order valence-electron chi connectivity index (χ1n) is 8.35. The number of sulfonamides is 1. The topological polar surface area (TPSA) is 66.5 Å². The standard InChI is InChI=1S/C19H22N2O3S/c1-14(2)20-25(23,24)18-9-7-16(8-10-18)19(22)21-12-11-15-5-3-4-6-17(15)13-21/h3-10,14,20H,11-13H2,1-2H3. The van der Waals surface area contributed by atoms with Crippen molar-refractivity contribution >= 4 is 15.9 Å². The Balaban J connectivity index is 1.76. The van der Waals surface area contributed by atoms with Gasteiger partial charge in [0.2, 0.25) is 10.0 Å². The maximum atomic E-state index is 12.7. The Bertz CT molecular complexity index is 874. The lowest BCUT2D eigenvalue weighted by atomic mass is 9.99. The van der Waals surface area contributed by atoms with E-state index in [-0.39, 0.29) is 16.8 Å². The van der Waals surface area contributed by atoms with E-state index in [9.17, 15) is 13.2 Å². The average molecular weight is 358 g/mol. The zero-order chi connectivity index (χ0) is 18.0. The van der Waals surface area contributed by atoms with Gasteiger partial charge in [0.15, 0.2) is 0 Å². The van der Waals surface area contributed by atoms with Crippen LogP contribution in [0.3, 0.4) is 0 Å². The van der Waals surface area contributed by atoms with E-state index >= 15 is 0 Å². The van der Waals surface area contributed by atoms with Crippen molar-refractivity contribution in [2.45, 2.75) is 37.8 Å². The van der Waals surface area contributed by atoms with Gasteiger partial charge < -0.3 is 4.90 Å². The van der Waals surface area contributed by atoms with Gasteiger partial charge in [0.25, 0.3) is 5.91 Å². The fraction of sp³-hybridized carbons (Fsp3) is 0.316. The summed E-state index contributed by atoms with van der Waals surface area (Å²) in [6, 6.07) is 14.1. The van der Waals surface area contributed by atoms with Crippen molar-refractivity contribution in [2.24, 2.45) is 0 Å². The van der Waals surface area contributed by atoms with E-state index in [0.29, 0.717) is 18.7 Å². The first-order valence-corrected chi connectivity index (χ1v) is 9.83. The molecule has 0 bridgehead atoms. The van der Waals surface area contributed by atoms with Crippen LogP contribution in [-0.2, 0) is 23.0 Å². The Morgan fingerprint density at radius 1 is 1.04 bits per heavy atom. The summed E-state index contributed by atoms with van der Waals surface area (Å²) in [6.07, 6.45) is 0.840. The summed E-state index contributed by atoms with van der Waals surface area (Å²) < 4.78 is 26.8. The van der Waals surface area contributed by atoms with Crippen LogP contribution in [0.25, 0.3) is 0 Å². The first kappa shape index (κ1) is 17.6. The lowest BCUT2D eigenvalue weighted by Gasteiger charge is -2.29. The van der Waals surface area contributed by atoms with E-state index in [1.807, 2.05) is 18.2 Å². The van der Waals surface area contributed by atoms with Crippen LogP contribution in [0, 0.1) is 0 Å². The number of nitrogens with one attached hydrogen (secondary N) is 1. The number of fused-ring (bicyclic) bond motifs is 1. The molecule has 132 valence electrons. The molecule has 0 aliphatic carbocycles. The summed E-state index contributed by atoms with van der Waals surface area (Å²) in [5, 5.41) is 0. The van der Waals surface area contributed by atoms with Crippen LogP contribution < -0.4 is 4.72 Å². The third-order valence-corrected chi connectivity index (χ3v) is 5.89. The second-order valence-corrected chi connectivity index (χ2v) is 8.26. The van der Waals surface area contributed by atoms with E-state index in [1.165, 1.54) is 23.3 Å². The van der Waals surface area contributed by atoms with Crippen LogP contribution in [0.5, 0.6) is 0 Å². The highest BCUT2D eigenvalue weighted by Gasteiger charge is 2.22. The highest BCUT2D eigenvalue weighted by atomic mass is 32.2. The number of rotatable bonds is 4. The van der Waals surface area contributed by atoms with E-state index in [1.54, 1.807) is 30.9 Å². The van der Waals surface area contributed by atoms with E-state index in [2.05, 4.69) is 10.8 Å². The molecule has 0 radical (unpaired) electrons. The van der Waals surface area contributed by atoms with Crippen molar-refractivity contribution in [3.63, 3.8) is 0 Å². The third-order valence-electron chi connectivity index (χ3n) is 4.22. The molecule has 1 N–H and O–H groups in total. The quantitative estimate of drug-likeness (QED) is 0.913. The smallest absolute Gasteiger partial charge is 0.254 e. The van der Waals surface area contributed by atoms with E-state index in [0.717, 1.165) is 6.42 Å². The molecule has 3 rings (SSSR count). The Hall–Kier alpha value is -2.18. The molecule has 0 atom stereocenters. The molecule has 1 aliphatic rings. The molecule has 0 aromatic heterocycles. The third kappa shape index (κ3) is 3.91. The minimum Gasteiger partial charge on any atom is -0.334 e. The lowest BCUT2D eigenvalue weighted by Crippen LogP contribution is -2.36. The van der Waals surface area contributed by atoms with Gasteiger partial charge in [0.05, 0.1) is 4.90 Å². The van der Waals surface area contributed by atoms with Crippen LogP contribution in [0.15, 0.2) is 53.4 Å². The predicted molar refractivity (Wildman–Crippen MR) is 96.8 cm³/mol. The monoisotopic (exact) mass is 358 g/mol. The fourth-order valence-corrected chi connectivity index (χ4v) is 4.26.